The van der Waals surface area contributed by atoms with Crippen molar-refractivity contribution in [3.63, 3.8) is 0 Å². The quantitative estimate of drug-likeness (QED) is 0.402. The van der Waals surface area contributed by atoms with Gasteiger partial charge in [-0.05, 0) is 55.3 Å². The fraction of sp³-hybridized carbons (Fsp3) is 0.200. The second-order valence-electron chi connectivity index (χ2n) is 7.56. The molecule has 0 aliphatic carbocycles. The lowest BCUT2D eigenvalue weighted by molar-refractivity contribution is 0.0954. The third kappa shape index (κ3) is 6.20. The molecule has 7 nitrogen and oxygen atoms in total. The van der Waals surface area contributed by atoms with Gasteiger partial charge in [-0.1, -0.05) is 49.7 Å². The number of carbonyl (C=O) groups excluding carboxylic acids is 2. The average Bonchev–Trinajstić information content (AvgIpc) is 2.81. The smallest absolute Gasteiger partial charge is 0.261 e. The highest BCUT2D eigenvalue weighted by molar-refractivity contribution is 7.92. The Morgan fingerprint density at radius 1 is 0.848 bits per heavy atom. The zero-order valence-electron chi connectivity index (χ0n) is 18.6. The molecule has 3 rings (SSSR count). The third-order valence-electron chi connectivity index (χ3n) is 5.03. The molecule has 0 fully saturated rings. The van der Waals surface area contributed by atoms with Crippen molar-refractivity contribution in [2.45, 2.75) is 31.6 Å². The van der Waals surface area contributed by atoms with E-state index in [9.17, 15) is 18.0 Å². The molecule has 0 bridgehead atoms. The van der Waals surface area contributed by atoms with Crippen LogP contribution in [0.15, 0.2) is 77.7 Å². The Morgan fingerprint density at radius 2 is 1.55 bits per heavy atom. The number of nitrogens with one attached hydrogen (secondary N) is 3. The minimum Gasteiger partial charge on any atom is -0.352 e. The fourth-order valence-electron chi connectivity index (χ4n) is 3.14. The molecule has 2 amide bonds. The first-order valence-electron chi connectivity index (χ1n) is 10.7. The van der Waals surface area contributed by atoms with Crippen LogP contribution in [0.4, 0.5) is 11.4 Å². The molecule has 0 aliphatic rings. The lowest BCUT2D eigenvalue weighted by Gasteiger charge is -2.14. The van der Waals surface area contributed by atoms with E-state index in [2.05, 4.69) is 15.4 Å². The molecule has 3 aromatic rings. The second kappa shape index (κ2) is 10.8. The highest BCUT2D eigenvalue weighted by atomic mass is 32.2. The maximum Gasteiger partial charge on any atom is 0.261 e. The monoisotopic (exact) mass is 465 g/mol. The molecule has 3 N–H and O–H groups in total. The number of benzene rings is 3. The standard InChI is InChI=1S/C25H27N3O4S/c1-3-4-16-26-25(30)21-12-8-9-13-22(21)27-24(29)19-15-14-18(2)23(17-19)28-33(31,32)20-10-6-5-7-11-20/h5-15,17,28H,3-4,16H2,1-2H3,(H,26,30)(H,27,29). The summed E-state index contributed by atoms with van der Waals surface area (Å²) in [5.74, 6) is -0.719. The van der Waals surface area contributed by atoms with Crippen LogP contribution in [-0.4, -0.2) is 26.8 Å². The van der Waals surface area contributed by atoms with Gasteiger partial charge < -0.3 is 10.6 Å². The van der Waals surface area contributed by atoms with Crippen LogP contribution in [0.3, 0.4) is 0 Å². The van der Waals surface area contributed by atoms with E-state index in [1.807, 2.05) is 6.92 Å². The summed E-state index contributed by atoms with van der Waals surface area (Å²) in [4.78, 5) is 25.6. The van der Waals surface area contributed by atoms with Gasteiger partial charge >= 0.3 is 0 Å². The van der Waals surface area contributed by atoms with Gasteiger partial charge in [0.2, 0.25) is 0 Å². The topological polar surface area (TPSA) is 104 Å². The predicted octanol–water partition coefficient (Wildman–Crippen LogP) is 4.58. The molecule has 33 heavy (non-hydrogen) atoms. The lowest BCUT2D eigenvalue weighted by atomic mass is 10.1. The van der Waals surface area contributed by atoms with Crippen LogP contribution < -0.4 is 15.4 Å². The van der Waals surface area contributed by atoms with Crippen molar-refractivity contribution in [3.05, 3.63) is 89.5 Å². The highest BCUT2D eigenvalue weighted by Gasteiger charge is 2.18. The van der Waals surface area contributed by atoms with E-state index in [1.165, 1.54) is 18.2 Å². The summed E-state index contributed by atoms with van der Waals surface area (Å²) < 4.78 is 27.9. The van der Waals surface area contributed by atoms with Crippen LogP contribution in [-0.2, 0) is 10.0 Å². The highest BCUT2D eigenvalue weighted by Crippen LogP contribution is 2.23. The Kier molecular flexibility index (Phi) is 7.84. The van der Waals surface area contributed by atoms with Crippen molar-refractivity contribution < 1.29 is 18.0 Å². The van der Waals surface area contributed by atoms with Crippen LogP contribution >= 0.6 is 0 Å². The van der Waals surface area contributed by atoms with E-state index in [0.29, 0.717) is 29.0 Å². The third-order valence-corrected chi connectivity index (χ3v) is 6.41. The Balaban J connectivity index is 1.80. The van der Waals surface area contributed by atoms with Gasteiger partial charge in [-0.25, -0.2) is 8.42 Å². The summed E-state index contributed by atoms with van der Waals surface area (Å²) >= 11 is 0. The van der Waals surface area contributed by atoms with Crippen molar-refractivity contribution in [2.24, 2.45) is 0 Å². The Labute approximate surface area is 194 Å². The normalized spacial score (nSPS) is 11.0. The summed E-state index contributed by atoms with van der Waals surface area (Å²) in [5, 5.41) is 5.61. The summed E-state index contributed by atoms with van der Waals surface area (Å²) in [6.45, 7) is 4.34. The van der Waals surface area contributed by atoms with Gasteiger partial charge in [-0.2, -0.15) is 0 Å². The molecule has 172 valence electrons. The van der Waals surface area contributed by atoms with Crippen LogP contribution in [0.1, 0.15) is 46.0 Å². The maximum atomic E-state index is 12.9. The van der Waals surface area contributed by atoms with Crippen molar-refractivity contribution >= 4 is 33.2 Å². The first kappa shape index (κ1) is 24.0. The van der Waals surface area contributed by atoms with Gasteiger partial charge in [0.05, 0.1) is 21.8 Å². The van der Waals surface area contributed by atoms with Crippen molar-refractivity contribution in [1.29, 1.82) is 0 Å². The molecule has 0 atom stereocenters. The molecular weight excluding hydrogens is 438 g/mol. The van der Waals surface area contributed by atoms with Crippen molar-refractivity contribution in [1.82, 2.24) is 5.32 Å². The first-order valence-corrected chi connectivity index (χ1v) is 12.2. The molecule has 0 spiro atoms. The molecule has 0 unspecified atom stereocenters. The van der Waals surface area contributed by atoms with E-state index in [4.69, 9.17) is 0 Å². The van der Waals surface area contributed by atoms with Gasteiger partial charge in [-0.15, -0.1) is 0 Å². The van der Waals surface area contributed by atoms with Crippen LogP contribution in [0.5, 0.6) is 0 Å². The lowest BCUT2D eigenvalue weighted by Crippen LogP contribution is -2.26. The van der Waals surface area contributed by atoms with Crippen LogP contribution in [0, 0.1) is 6.92 Å². The number of hydrogen-bond donors (Lipinski definition) is 3. The number of carbonyl (C=O) groups is 2. The zero-order chi connectivity index (χ0) is 23.8. The molecule has 0 saturated carbocycles. The maximum absolute atomic E-state index is 12.9. The Hall–Kier alpha value is -3.65. The van der Waals surface area contributed by atoms with E-state index in [0.717, 1.165) is 12.8 Å². The van der Waals surface area contributed by atoms with E-state index in [-0.39, 0.29) is 16.4 Å². The molecule has 8 heteroatoms. The minimum absolute atomic E-state index is 0.127. The molecule has 3 aromatic carbocycles. The minimum atomic E-state index is -3.80. The van der Waals surface area contributed by atoms with Crippen LogP contribution in [0.25, 0.3) is 0 Å². The van der Waals surface area contributed by atoms with Crippen molar-refractivity contribution in [3.8, 4) is 0 Å². The SMILES string of the molecule is CCCCNC(=O)c1ccccc1NC(=O)c1ccc(C)c(NS(=O)(=O)c2ccccc2)c1. The van der Waals surface area contributed by atoms with Crippen LogP contribution in [0.2, 0.25) is 0 Å². The zero-order valence-corrected chi connectivity index (χ0v) is 19.4. The number of amides is 2. The van der Waals surface area contributed by atoms with E-state index >= 15 is 0 Å². The number of rotatable bonds is 9. The van der Waals surface area contributed by atoms with Gasteiger partial charge in [-0.3, -0.25) is 14.3 Å². The van der Waals surface area contributed by atoms with Crippen molar-refractivity contribution in [2.75, 3.05) is 16.6 Å². The Morgan fingerprint density at radius 3 is 2.27 bits per heavy atom. The number of anilines is 2. The number of aryl methyl sites for hydroxylation is 1. The molecule has 0 radical (unpaired) electrons. The first-order chi connectivity index (χ1) is 15.8. The molecule has 0 saturated heterocycles. The van der Waals surface area contributed by atoms with E-state index < -0.39 is 15.9 Å². The van der Waals surface area contributed by atoms with Gasteiger partial charge in [0.1, 0.15) is 0 Å². The summed E-state index contributed by atoms with van der Waals surface area (Å²) in [7, 11) is -3.80. The van der Waals surface area contributed by atoms with Gasteiger partial charge in [0.25, 0.3) is 21.8 Å². The number of para-hydroxylation sites is 1. The molecule has 0 aromatic heterocycles. The number of unbranched alkanes of at least 4 members (excludes halogenated alkanes) is 1. The second-order valence-corrected chi connectivity index (χ2v) is 9.24. The van der Waals surface area contributed by atoms with Gasteiger partial charge in [0.15, 0.2) is 0 Å². The average molecular weight is 466 g/mol. The number of sulfonamides is 1. The molecule has 0 heterocycles. The largest absolute Gasteiger partial charge is 0.352 e. The summed E-state index contributed by atoms with van der Waals surface area (Å²) in [6, 6.07) is 19.5. The Bertz CT molecular complexity index is 1240. The fourth-order valence-corrected chi connectivity index (χ4v) is 4.28. The summed E-state index contributed by atoms with van der Waals surface area (Å²) in [6.07, 6.45) is 1.83. The number of hydrogen-bond acceptors (Lipinski definition) is 4. The van der Waals surface area contributed by atoms with Gasteiger partial charge in [0, 0.05) is 12.1 Å². The molecule has 0 aliphatic heterocycles. The van der Waals surface area contributed by atoms with E-state index in [1.54, 1.807) is 61.5 Å². The molecular formula is C25H27N3O4S. The predicted molar refractivity (Wildman–Crippen MR) is 130 cm³/mol. The summed E-state index contributed by atoms with van der Waals surface area (Å²) in [5.41, 5.74) is 1.97.